The minimum atomic E-state index is -0.478. The molecule has 0 fully saturated rings. The van der Waals surface area contributed by atoms with Crippen LogP contribution in [0.15, 0.2) is 12.7 Å². The van der Waals surface area contributed by atoms with Gasteiger partial charge in [0, 0.05) is 5.54 Å². The number of hydrogen-bond donors (Lipinski definition) is 2. The zero-order valence-electron chi connectivity index (χ0n) is 10.3. The SMILES string of the molecule is C=CCC(C)(C)NNC(=O)OC(C)(C)C. The third kappa shape index (κ3) is 8.00. The first-order chi connectivity index (χ1) is 6.66. The highest BCUT2D eigenvalue weighted by Crippen LogP contribution is 2.08. The molecule has 2 N–H and O–H groups in total. The summed E-state index contributed by atoms with van der Waals surface area (Å²) in [6.07, 6.45) is 2.08. The number of hydrogen-bond acceptors (Lipinski definition) is 3. The summed E-state index contributed by atoms with van der Waals surface area (Å²) in [4.78, 5) is 11.3. The Bertz CT molecular complexity index is 229. The largest absolute Gasteiger partial charge is 0.443 e. The minimum absolute atomic E-state index is 0.224. The molecule has 0 bridgehead atoms. The van der Waals surface area contributed by atoms with Crippen molar-refractivity contribution in [3.05, 3.63) is 12.7 Å². The van der Waals surface area contributed by atoms with E-state index in [1.165, 1.54) is 0 Å². The van der Waals surface area contributed by atoms with Crippen LogP contribution in [0.3, 0.4) is 0 Å². The molecule has 0 atom stereocenters. The summed E-state index contributed by atoms with van der Waals surface area (Å²) in [6, 6.07) is 0. The van der Waals surface area contributed by atoms with Gasteiger partial charge in [0.05, 0.1) is 0 Å². The van der Waals surface area contributed by atoms with Crippen molar-refractivity contribution in [1.29, 1.82) is 0 Å². The first-order valence-electron chi connectivity index (χ1n) is 5.03. The van der Waals surface area contributed by atoms with Gasteiger partial charge in [-0.1, -0.05) is 6.08 Å². The molecule has 0 radical (unpaired) electrons. The minimum Gasteiger partial charge on any atom is -0.443 e. The number of rotatable bonds is 4. The average Bonchev–Trinajstić information content (AvgIpc) is 1.98. The zero-order chi connectivity index (χ0) is 12.1. The molecule has 0 aliphatic rings. The molecule has 88 valence electrons. The van der Waals surface area contributed by atoms with Crippen LogP contribution in [0.25, 0.3) is 0 Å². The molecule has 4 nitrogen and oxygen atoms in total. The van der Waals surface area contributed by atoms with E-state index < -0.39 is 11.7 Å². The lowest BCUT2D eigenvalue weighted by molar-refractivity contribution is 0.0471. The molecule has 0 saturated heterocycles. The fourth-order valence-electron chi connectivity index (χ4n) is 0.936. The van der Waals surface area contributed by atoms with Crippen molar-refractivity contribution in [2.45, 2.75) is 52.2 Å². The van der Waals surface area contributed by atoms with Gasteiger partial charge in [0.15, 0.2) is 0 Å². The first kappa shape index (κ1) is 14.0. The molecule has 0 spiro atoms. The Balaban J connectivity index is 3.95. The molecule has 0 rings (SSSR count). The van der Waals surface area contributed by atoms with Crippen molar-refractivity contribution in [2.75, 3.05) is 0 Å². The number of carbonyl (C=O) groups excluding carboxylic acids is 1. The van der Waals surface area contributed by atoms with E-state index in [0.717, 1.165) is 6.42 Å². The summed E-state index contributed by atoms with van der Waals surface area (Å²) in [5.41, 5.74) is 4.69. The smallest absolute Gasteiger partial charge is 0.422 e. The van der Waals surface area contributed by atoms with Gasteiger partial charge in [-0.05, 0) is 41.0 Å². The third-order valence-corrected chi connectivity index (χ3v) is 1.56. The van der Waals surface area contributed by atoms with Crippen LogP contribution in [0, 0.1) is 0 Å². The van der Waals surface area contributed by atoms with E-state index in [2.05, 4.69) is 17.4 Å². The van der Waals surface area contributed by atoms with E-state index >= 15 is 0 Å². The summed E-state index contributed by atoms with van der Waals surface area (Å²) >= 11 is 0. The van der Waals surface area contributed by atoms with E-state index in [-0.39, 0.29) is 5.54 Å². The number of hydrazine groups is 1. The maximum atomic E-state index is 11.3. The fraction of sp³-hybridized carbons (Fsp3) is 0.727. The van der Waals surface area contributed by atoms with Crippen molar-refractivity contribution in [3.63, 3.8) is 0 Å². The Morgan fingerprint density at radius 3 is 2.27 bits per heavy atom. The molecule has 0 aliphatic carbocycles. The highest BCUT2D eigenvalue weighted by Gasteiger charge is 2.19. The van der Waals surface area contributed by atoms with Gasteiger partial charge in [-0.2, -0.15) is 0 Å². The number of carbonyl (C=O) groups is 1. The molecule has 0 aromatic rings. The standard InChI is InChI=1S/C11H22N2O2/c1-7-8-11(5,6)13-12-9(14)15-10(2,3)4/h7,13H,1,8H2,2-6H3,(H,12,14). The zero-order valence-corrected chi connectivity index (χ0v) is 10.3. The van der Waals surface area contributed by atoms with Crippen LogP contribution in [-0.4, -0.2) is 17.2 Å². The number of amides is 1. The van der Waals surface area contributed by atoms with Crippen LogP contribution in [-0.2, 0) is 4.74 Å². The second kappa shape index (κ2) is 5.16. The van der Waals surface area contributed by atoms with E-state index in [9.17, 15) is 4.79 Å². The van der Waals surface area contributed by atoms with Gasteiger partial charge in [0.25, 0.3) is 0 Å². The van der Waals surface area contributed by atoms with Crippen LogP contribution >= 0.6 is 0 Å². The molecule has 0 aromatic carbocycles. The van der Waals surface area contributed by atoms with Crippen LogP contribution in [0.4, 0.5) is 4.79 Å². The molecule has 0 aromatic heterocycles. The van der Waals surface area contributed by atoms with Gasteiger partial charge in [-0.15, -0.1) is 6.58 Å². The lowest BCUT2D eigenvalue weighted by Gasteiger charge is -2.26. The molecule has 0 aliphatic heterocycles. The van der Waals surface area contributed by atoms with Crippen molar-refractivity contribution in [3.8, 4) is 0 Å². The third-order valence-electron chi connectivity index (χ3n) is 1.56. The molecule has 0 heterocycles. The lowest BCUT2D eigenvalue weighted by Crippen LogP contribution is -2.51. The van der Waals surface area contributed by atoms with Crippen LogP contribution in [0.1, 0.15) is 41.0 Å². The van der Waals surface area contributed by atoms with Crippen LogP contribution in [0.2, 0.25) is 0 Å². The molecule has 1 amide bonds. The molecular weight excluding hydrogens is 192 g/mol. The normalized spacial score (nSPS) is 12.1. The van der Waals surface area contributed by atoms with Gasteiger partial charge in [0.1, 0.15) is 5.60 Å². The lowest BCUT2D eigenvalue weighted by atomic mass is 10.0. The van der Waals surface area contributed by atoms with E-state index in [4.69, 9.17) is 4.74 Å². The summed E-state index contributed by atoms with van der Waals surface area (Å²) < 4.78 is 5.07. The fourth-order valence-corrected chi connectivity index (χ4v) is 0.936. The van der Waals surface area contributed by atoms with Crippen molar-refractivity contribution >= 4 is 6.09 Å². The van der Waals surface area contributed by atoms with Crippen molar-refractivity contribution in [1.82, 2.24) is 10.9 Å². The monoisotopic (exact) mass is 214 g/mol. The highest BCUT2D eigenvalue weighted by molar-refractivity contribution is 5.67. The van der Waals surface area contributed by atoms with Gasteiger partial charge in [-0.3, -0.25) is 5.43 Å². The second-order valence-corrected chi connectivity index (χ2v) is 5.13. The van der Waals surface area contributed by atoms with Gasteiger partial charge in [0.2, 0.25) is 0 Å². The maximum absolute atomic E-state index is 11.3. The molecule has 0 unspecified atom stereocenters. The predicted octanol–water partition coefficient (Wildman–Crippen LogP) is 2.37. The summed E-state index contributed by atoms with van der Waals surface area (Å²) in [5.74, 6) is 0. The van der Waals surface area contributed by atoms with E-state index in [0.29, 0.717) is 0 Å². The number of ether oxygens (including phenoxy) is 1. The summed E-state index contributed by atoms with van der Waals surface area (Å²) in [5, 5.41) is 0. The summed E-state index contributed by atoms with van der Waals surface area (Å²) in [7, 11) is 0. The van der Waals surface area contributed by atoms with E-state index in [1.54, 1.807) is 6.08 Å². The molecule has 4 heteroatoms. The maximum Gasteiger partial charge on any atom is 0.422 e. The topological polar surface area (TPSA) is 50.4 Å². The highest BCUT2D eigenvalue weighted by atomic mass is 16.6. The van der Waals surface area contributed by atoms with Crippen molar-refractivity contribution in [2.24, 2.45) is 0 Å². The second-order valence-electron chi connectivity index (χ2n) is 5.13. The van der Waals surface area contributed by atoms with Gasteiger partial charge >= 0.3 is 6.09 Å². The number of nitrogens with one attached hydrogen (secondary N) is 2. The first-order valence-corrected chi connectivity index (χ1v) is 5.03. The Morgan fingerprint density at radius 1 is 1.33 bits per heavy atom. The summed E-state index contributed by atoms with van der Waals surface area (Å²) in [6.45, 7) is 13.0. The Labute approximate surface area is 92.0 Å². The average molecular weight is 214 g/mol. The Morgan fingerprint density at radius 2 is 1.87 bits per heavy atom. The molecule has 0 saturated carbocycles. The van der Waals surface area contributed by atoms with Crippen LogP contribution < -0.4 is 10.9 Å². The van der Waals surface area contributed by atoms with Crippen molar-refractivity contribution < 1.29 is 9.53 Å². The Kier molecular flexibility index (Phi) is 4.81. The molecule has 15 heavy (non-hydrogen) atoms. The Hall–Kier alpha value is -1.03. The quantitative estimate of drug-likeness (QED) is 0.558. The van der Waals surface area contributed by atoms with Gasteiger partial charge in [-0.25, -0.2) is 10.2 Å². The van der Waals surface area contributed by atoms with E-state index in [1.807, 2.05) is 34.6 Å². The van der Waals surface area contributed by atoms with Gasteiger partial charge < -0.3 is 4.74 Å². The van der Waals surface area contributed by atoms with Crippen LogP contribution in [0.5, 0.6) is 0 Å². The molecular formula is C11H22N2O2. The predicted molar refractivity (Wildman–Crippen MR) is 61.4 cm³/mol.